The van der Waals surface area contributed by atoms with E-state index in [-0.39, 0.29) is 45.4 Å². The van der Waals surface area contributed by atoms with Gasteiger partial charge < -0.3 is 24.2 Å². The van der Waals surface area contributed by atoms with E-state index in [1.807, 2.05) is 20.5 Å². The van der Waals surface area contributed by atoms with Crippen LogP contribution in [-0.2, 0) is 0 Å². The van der Waals surface area contributed by atoms with Crippen LogP contribution in [0.5, 0.6) is 0 Å². The topological polar surface area (TPSA) is 113 Å². The molecule has 13 nitrogen and oxygen atoms in total. The lowest BCUT2D eigenvalue weighted by Gasteiger charge is -2.35. The SMILES string of the molecule is CCN1CCN(c2cc3c(cc2F)c(=O)c(-c2nn4c(-c5cn(C6CC6)c6cc(N7CCN(C)CC7)c(F)cc6c5=O)nnc4s2)nn3C2CC2)CC1. The number of anilines is 2. The van der Waals surface area contributed by atoms with Gasteiger partial charge in [0.15, 0.2) is 16.5 Å². The third kappa shape index (κ3) is 5.52. The van der Waals surface area contributed by atoms with Crippen LogP contribution in [-0.4, -0.2) is 110 Å². The zero-order chi connectivity index (χ0) is 36.1. The number of likely N-dealkylation sites (N-methyl/N-ethyl adjacent to an activating group) is 2. The number of aromatic nitrogens is 7. The summed E-state index contributed by atoms with van der Waals surface area (Å²) < 4.78 is 36.9. The number of hydrogen-bond donors (Lipinski definition) is 0. The Morgan fingerprint density at radius 3 is 2.02 bits per heavy atom. The van der Waals surface area contributed by atoms with Gasteiger partial charge >= 0.3 is 0 Å². The van der Waals surface area contributed by atoms with Gasteiger partial charge in [-0.25, -0.2) is 8.78 Å². The van der Waals surface area contributed by atoms with E-state index in [4.69, 9.17) is 10.2 Å². The zero-order valence-electron chi connectivity index (χ0n) is 29.6. The summed E-state index contributed by atoms with van der Waals surface area (Å²) in [7, 11) is 2.06. The quantitative estimate of drug-likeness (QED) is 0.234. The van der Waals surface area contributed by atoms with E-state index in [1.54, 1.807) is 12.3 Å². The largest absolute Gasteiger partial charge is 0.367 e. The number of hydrogen-bond acceptors (Lipinski definition) is 11. The van der Waals surface area contributed by atoms with Gasteiger partial charge in [-0.15, -0.1) is 10.2 Å². The molecule has 4 aromatic heterocycles. The first-order valence-electron chi connectivity index (χ1n) is 18.5. The summed E-state index contributed by atoms with van der Waals surface area (Å²) in [6.45, 7) is 9.29. The smallest absolute Gasteiger partial charge is 0.235 e. The average molecular weight is 740 g/mol. The molecule has 0 unspecified atom stereocenters. The van der Waals surface area contributed by atoms with Crippen LogP contribution in [0.3, 0.4) is 0 Å². The first kappa shape index (κ1) is 32.8. The highest BCUT2D eigenvalue weighted by Crippen LogP contribution is 2.40. The van der Waals surface area contributed by atoms with Crippen LogP contribution in [0.4, 0.5) is 20.2 Å². The maximum atomic E-state index is 15.8. The van der Waals surface area contributed by atoms with Crippen molar-refractivity contribution in [3.8, 4) is 22.1 Å². The Labute approximate surface area is 306 Å². The Hall–Kier alpha value is -4.80. The number of piperazine rings is 2. The maximum absolute atomic E-state index is 15.8. The number of fused-ring (bicyclic) bond motifs is 3. The first-order chi connectivity index (χ1) is 25.7. The minimum absolute atomic E-state index is 0.0990. The molecule has 4 aliphatic rings. The molecule has 0 radical (unpaired) electrons. The van der Waals surface area contributed by atoms with Gasteiger partial charge in [-0.2, -0.15) is 14.7 Å². The van der Waals surface area contributed by atoms with E-state index in [1.165, 1.54) is 16.6 Å². The summed E-state index contributed by atoms with van der Waals surface area (Å²) in [5.41, 5.74) is 1.85. The molecule has 10 rings (SSSR count). The summed E-state index contributed by atoms with van der Waals surface area (Å²) in [6, 6.07) is 6.58. The molecule has 0 atom stereocenters. The molecule has 2 aliphatic heterocycles. The molecule has 2 saturated carbocycles. The fourth-order valence-electron chi connectivity index (χ4n) is 7.88. The van der Waals surface area contributed by atoms with Crippen LogP contribution in [0.15, 0.2) is 40.1 Å². The molecule has 53 heavy (non-hydrogen) atoms. The third-order valence-corrected chi connectivity index (χ3v) is 12.3. The van der Waals surface area contributed by atoms with Crippen LogP contribution in [0.1, 0.15) is 44.7 Å². The average Bonchev–Trinajstić information content (AvgIpc) is 4.10. The van der Waals surface area contributed by atoms with Crippen molar-refractivity contribution in [3.05, 3.63) is 62.5 Å². The highest BCUT2D eigenvalue weighted by Gasteiger charge is 2.32. The molecular formula is C37H39F2N11O2S. The molecule has 6 aromatic rings. The molecular weight excluding hydrogens is 701 g/mol. The number of rotatable bonds is 7. The molecule has 16 heteroatoms. The lowest BCUT2D eigenvalue weighted by atomic mass is 10.1. The van der Waals surface area contributed by atoms with E-state index in [9.17, 15) is 9.59 Å². The molecule has 0 bridgehead atoms. The third-order valence-electron chi connectivity index (χ3n) is 11.4. The Bertz CT molecular complexity index is 2560. The number of nitrogens with zero attached hydrogens (tertiary/aromatic N) is 11. The van der Waals surface area contributed by atoms with Crippen molar-refractivity contribution in [2.24, 2.45) is 0 Å². The van der Waals surface area contributed by atoms with Gasteiger partial charge in [-0.05, 0) is 63.5 Å². The second kappa shape index (κ2) is 12.4. The van der Waals surface area contributed by atoms with E-state index in [0.29, 0.717) is 58.6 Å². The predicted octanol–water partition coefficient (Wildman–Crippen LogP) is 4.39. The van der Waals surface area contributed by atoms with Crippen molar-refractivity contribution in [1.82, 2.24) is 44.0 Å². The van der Waals surface area contributed by atoms with Gasteiger partial charge in [-0.1, -0.05) is 18.3 Å². The first-order valence-corrected chi connectivity index (χ1v) is 19.4. The lowest BCUT2D eigenvalue weighted by Crippen LogP contribution is -2.46. The fourth-order valence-corrected chi connectivity index (χ4v) is 8.71. The van der Waals surface area contributed by atoms with Crippen molar-refractivity contribution in [3.63, 3.8) is 0 Å². The molecule has 2 aliphatic carbocycles. The van der Waals surface area contributed by atoms with Crippen molar-refractivity contribution < 1.29 is 8.78 Å². The summed E-state index contributed by atoms with van der Waals surface area (Å²) >= 11 is 1.13. The number of halogens is 2. The van der Waals surface area contributed by atoms with Gasteiger partial charge in [0.2, 0.25) is 15.8 Å². The highest BCUT2D eigenvalue weighted by atomic mass is 32.1. The predicted molar refractivity (Wildman–Crippen MR) is 201 cm³/mol. The van der Waals surface area contributed by atoms with Crippen molar-refractivity contribution >= 4 is 49.5 Å². The van der Waals surface area contributed by atoms with Crippen molar-refractivity contribution in [1.29, 1.82) is 0 Å². The van der Waals surface area contributed by atoms with E-state index >= 15 is 8.78 Å². The van der Waals surface area contributed by atoms with Gasteiger partial charge in [-0.3, -0.25) is 14.3 Å². The van der Waals surface area contributed by atoms with Gasteiger partial charge in [0.25, 0.3) is 0 Å². The number of benzene rings is 2. The fraction of sp³-hybridized carbons (Fsp3) is 0.459. The maximum Gasteiger partial charge on any atom is 0.235 e. The standard InChI is InChI=1S/C37H39F2N11O2S/c1-3-45-10-14-47(15-11-45)31-19-29-24(17-27(31)39)34(52)32(42-49(29)22-6-7-22)36-43-50-35(40-41-37(50)53-36)25-20-48(21-4-5-21)28-18-30(26(38)16-23(28)33(25)51)46-12-8-44(2)9-13-46/h16-22H,3-15H2,1-2H3. The van der Waals surface area contributed by atoms with E-state index < -0.39 is 17.1 Å². The molecule has 274 valence electrons. The minimum Gasteiger partial charge on any atom is -0.367 e. The van der Waals surface area contributed by atoms with Crippen molar-refractivity contribution in [2.45, 2.75) is 44.7 Å². The highest BCUT2D eigenvalue weighted by molar-refractivity contribution is 7.19. The normalized spacial score (nSPS) is 19.0. The minimum atomic E-state index is -0.435. The van der Waals surface area contributed by atoms with Crippen LogP contribution < -0.4 is 20.7 Å². The molecule has 0 amide bonds. The van der Waals surface area contributed by atoms with Gasteiger partial charge in [0.1, 0.15) is 11.6 Å². The van der Waals surface area contributed by atoms with E-state index in [2.05, 4.69) is 38.5 Å². The molecule has 6 heterocycles. The van der Waals surface area contributed by atoms with Crippen molar-refractivity contribution in [2.75, 3.05) is 75.8 Å². The monoisotopic (exact) mass is 739 g/mol. The second-order valence-corrected chi connectivity index (χ2v) is 15.8. The number of pyridine rings is 1. The molecule has 0 spiro atoms. The molecule has 2 aromatic carbocycles. The summed E-state index contributed by atoms with van der Waals surface area (Å²) in [6.07, 6.45) is 5.52. The van der Waals surface area contributed by atoms with Crippen LogP contribution in [0, 0.1) is 11.6 Å². The van der Waals surface area contributed by atoms with Crippen LogP contribution in [0.2, 0.25) is 0 Å². The Balaban J connectivity index is 1.06. The van der Waals surface area contributed by atoms with Gasteiger partial charge in [0, 0.05) is 70.0 Å². The molecule has 4 fully saturated rings. The second-order valence-electron chi connectivity index (χ2n) is 14.8. The summed E-state index contributed by atoms with van der Waals surface area (Å²) in [5.74, 6) is -0.665. The molecule has 2 saturated heterocycles. The van der Waals surface area contributed by atoms with Crippen LogP contribution >= 0.6 is 11.3 Å². The lowest BCUT2D eigenvalue weighted by molar-refractivity contribution is 0.270. The Morgan fingerprint density at radius 2 is 1.38 bits per heavy atom. The summed E-state index contributed by atoms with van der Waals surface area (Å²) in [4.78, 5) is 37.2. The molecule has 0 N–H and O–H groups in total. The van der Waals surface area contributed by atoms with Crippen LogP contribution in [0.25, 0.3) is 48.9 Å². The summed E-state index contributed by atoms with van der Waals surface area (Å²) in [5, 5.41) is 19.1. The van der Waals surface area contributed by atoms with E-state index in [0.717, 1.165) is 69.7 Å². The van der Waals surface area contributed by atoms with Gasteiger partial charge in [0.05, 0.1) is 39.4 Å². The Kier molecular flexibility index (Phi) is 7.67. The Morgan fingerprint density at radius 1 is 0.755 bits per heavy atom. The zero-order valence-corrected chi connectivity index (χ0v) is 30.5.